The molecule has 0 amide bonds. The summed E-state index contributed by atoms with van der Waals surface area (Å²) in [5.41, 5.74) is -1.44. The molecule has 0 aromatic heterocycles. The minimum atomic E-state index is -4.00. The van der Waals surface area contributed by atoms with Gasteiger partial charge in [0.15, 0.2) is 5.75 Å². The highest BCUT2D eigenvalue weighted by Crippen LogP contribution is 2.52. The Morgan fingerprint density at radius 2 is 2.05 bits per heavy atom. The second kappa shape index (κ2) is 4.47. The van der Waals surface area contributed by atoms with Gasteiger partial charge in [-0.1, -0.05) is 0 Å². The first-order valence-electron chi connectivity index (χ1n) is 5.04. The number of nitro benzene ring substituents is 1. The maximum Gasteiger partial charge on any atom is 0.586 e. The fourth-order valence-electron chi connectivity index (χ4n) is 1.68. The summed E-state index contributed by atoms with van der Waals surface area (Å²) in [6.07, 6.45) is -4.00. The van der Waals surface area contributed by atoms with Crippen molar-refractivity contribution in [3.8, 4) is 17.2 Å². The van der Waals surface area contributed by atoms with Gasteiger partial charge >= 0.3 is 18.0 Å². The van der Waals surface area contributed by atoms with E-state index in [9.17, 15) is 23.7 Å². The molecule has 0 fully saturated rings. The van der Waals surface area contributed by atoms with Gasteiger partial charge in [-0.05, 0) is 0 Å². The number of nitro groups is 1. The minimum Gasteiger partial charge on any atom is -0.487 e. The van der Waals surface area contributed by atoms with Crippen LogP contribution in [-0.2, 0) is 4.74 Å². The lowest BCUT2D eigenvalue weighted by Crippen LogP contribution is -2.26. The van der Waals surface area contributed by atoms with Crippen molar-refractivity contribution in [2.75, 3.05) is 14.2 Å². The summed E-state index contributed by atoms with van der Waals surface area (Å²) in [4.78, 5) is 21.6. The molecule has 1 aromatic rings. The van der Waals surface area contributed by atoms with E-state index in [2.05, 4.69) is 14.2 Å². The average molecular weight is 291 g/mol. The first kappa shape index (κ1) is 13.8. The summed E-state index contributed by atoms with van der Waals surface area (Å²) >= 11 is 0. The van der Waals surface area contributed by atoms with Crippen LogP contribution in [0.1, 0.15) is 10.4 Å². The molecule has 0 radical (unpaired) electrons. The topological polar surface area (TPSA) is 97.1 Å². The van der Waals surface area contributed by atoms with Crippen molar-refractivity contribution in [2.24, 2.45) is 0 Å². The Morgan fingerprint density at radius 1 is 1.40 bits per heavy atom. The van der Waals surface area contributed by atoms with E-state index in [1.807, 2.05) is 0 Å². The van der Waals surface area contributed by atoms with Gasteiger partial charge in [-0.15, -0.1) is 8.78 Å². The Morgan fingerprint density at radius 3 is 2.55 bits per heavy atom. The first-order chi connectivity index (χ1) is 9.30. The molecule has 2 rings (SSSR count). The summed E-state index contributed by atoms with van der Waals surface area (Å²) in [6.45, 7) is 0. The largest absolute Gasteiger partial charge is 0.586 e. The molecule has 0 saturated heterocycles. The van der Waals surface area contributed by atoms with Crippen molar-refractivity contribution in [1.29, 1.82) is 0 Å². The van der Waals surface area contributed by atoms with Crippen LogP contribution >= 0.6 is 0 Å². The van der Waals surface area contributed by atoms with Gasteiger partial charge in [-0.25, -0.2) is 4.79 Å². The Kier molecular flexibility index (Phi) is 3.08. The monoisotopic (exact) mass is 291 g/mol. The second-order valence-electron chi connectivity index (χ2n) is 3.55. The number of halogens is 2. The number of hydrogen-bond acceptors (Lipinski definition) is 7. The number of rotatable bonds is 3. The summed E-state index contributed by atoms with van der Waals surface area (Å²) in [7, 11) is 1.99. The maximum atomic E-state index is 13.0. The molecule has 8 nitrogen and oxygen atoms in total. The van der Waals surface area contributed by atoms with E-state index in [1.54, 1.807) is 0 Å². The molecule has 1 aliphatic heterocycles. The van der Waals surface area contributed by atoms with Crippen LogP contribution in [-0.4, -0.2) is 31.4 Å². The molecule has 0 bridgehead atoms. The van der Waals surface area contributed by atoms with E-state index in [0.717, 1.165) is 20.3 Å². The van der Waals surface area contributed by atoms with E-state index in [-0.39, 0.29) is 0 Å². The van der Waals surface area contributed by atoms with Gasteiger partial charge in [0.05, 0.1) is 19.1 Å². The Balaban J connectivity index is 2.73. The van der Waals surface area contributed by atoms with Crippen molar-refractivity contribution in [2.45, 2.75) is 6.29 Å². The van der Waals surface area contributed by atoms with Crippen LogP contribution in [0.4, 0.5) is 14.5 Å². The first-order valence-corrected chi connectivity index (χ1v) is 5.04. The van der Waals surface area contributed by atoms with E-state index < -0.39 is 45.7 Å². The van der Waals surface area contributed by atoms with Gasteiger partial charge in [0.2, 0.25) is 11.5 Å². The third-order valence-corrected chi connectivity index (χ3v) is 2.42. The highest BCUT2D eigenvalue weighted by molar-refractivity contribution is 5.97. The second-order valence-corrected chi connectivity index (χ2v) is 3.55. The molecular weight excluding hydrogens is 284 g/mol. The number of methoxy groups -OCH3 is 2. The molecule has 20 heavy (non-hydrogen) atoms. The lowest BCUT2D eigenvalue weighted by atomic mass is 10.1. The average Bonchev–Trinajstić information content (AvgIpc) is 2.68. The fraction of sp³-hybridized carbons (Fsp3) is 0.300. The SMILES string of the molecule is COC(=O)c1cc2c(c(OC)c1[N+](=O)[O-])OC(F)(F)O2. The molecule has 1 aliphatic rings. The molecule has 0 unspecified atom stereocenters. The number of nitrogens with zero attached hydrogens (tertiary/aromatic N) is 1. The number of benzene rings is 1. The van der Waals surface area contributed by atoms with Crippen molar-refractivity contribution in [3.05, 3.63) is 21.7 Å². The Bertz CT molecular complexity index is 602. The number of esters is 1. The van der Waals surface area contributed by atoms with Crippen molar-refractivity contribution in [1.82, 2.24) is 0 Å². The van der Waals surface area contributed by atoms with Crippen LogP contribution in [0.2, 0.25) is 0 Å². The fourth-order valence-corrected chi connectivity index (χ4v) is 1.68. The third-order valence-electron chi connectivity index (χ3n) is 2.42. The van der Waals surface area contributed by atoms with Crippen LogP contribution in [0.5, 0.6) is 17.2 Å². The summed E-state index contributed by atoms with van der Waals surface area (Å²) in [5, 5.41) is 11.0. The van der Waals surface area contributed by atoms with Gasteiger partial charge < -0.3 is 18.9 Å². The number of hydrogen-bond donors (Lipinski definition) is 0. The molecule has 108 valence electrons. The highest BCUT2D eigenvalue weighted by Gasteiger charge is 2.48. The molecule has 0 N–H and O–H groups in total. The van der Waals surface area contributed by atoms with E-state index in [0.29, 0.717) is 0 Å². The van der Waals surface area contributed by atoms with E-state index >= 15 is 0 Å². The van der Waals surface area contributed by atoms with Crippen molar-refractivity contribution >= 4 is 11.7 Å². The molecule has 1 heterocycles. The lowest BCUT2D eigenvalue weighted by Gasteiger charge is -2.08. The highest BCUT2D eigenvalue weighted by atomic mass is 19.3. The van der Waals surface area contributed by atoms with Gasteiger partial charge in [0.25, 0.3) is 0 Å². The zero-order valence-corrected chi connectivity index (χ0v) is 10.1. The van der Waals surface area contributed by atoms with Crippen LogP contribution in [0.15, 0.2) is 6.07 Å². The summed E-state index contributed by atoms with van der Waals surface area (Å²) < 4.78 is 43.4. The molecule has 0 atom stereocenters. The van der Waals surface area contributed by atoms with E-state index in [4.69, 9.17) is 4.74 Å². The normalized spacial score (nSPS) is 14.8. The van der Waals surface area contributed by atoms with Crippen molar-refractivity contribution < 1.29 is 37.4 Å². The zero-order valence-electron chi connectivity index (χ0n) is 10.1. The van der Waals surface area contributed by atoms with Gasteiger partial charge in [0.1, 0.15) is 5.56 Å². The number of fused-ring (bicyclic) bond motifs is 1. The van der Waals surface area contributed by atoms with Gasteiger partial charge in [-0.3, -0.25) is 10.1 Å². The molecule has 0 aliphatic carbocycles. The number of carbonyl (C=O) groups excluding carboxylic acids is 1. The van der Waals surface area contributed by atoms with Crippen LogP contribution < -0.4 is 14.2 Å². The third kappa shape index (κ3) is 2.04. The molecule has 0 spiro atoms. The zero-order chi connectivity index (χ0) is 15.1. The Hall–Kier alpha value is -2.65. The number of carbonyl (C=O) groups is 1. The quantitative estimate of drug-likeness (QED) is 0.475. The predicted molar refractivity (Wildman–Crippen MR) is 57.2 cm³/mol. The van der Waals surface area contributed by atoms with E-state index in [1.165, 1.54) is 0 Å². The molecule has 1 aromatic carbocycles. The smallest absolute Gasteiger partial charge is 0.487 e. The maximum absolute atomic E-state index is 13.0. The van der Waals surface area contributed by atoms with Crippen molar-refractivity contribution in [3.63, 3.8) is 0 Å². The summed E-state index contributed by atoms with van der Waals surface area (Å²) in [5.74, 6) is -2.96. The molecular formula is C10H7F2NO7. The van der Waals surface area contributed by atoms with Crippen LogP contribution in [0.3, 0.4) is 0 Å². The number of ether oxygens (including phenoxy) is 4. The van der Waals surface area contributed by atoms with Crippen LogP contribution in [0.25, 0.3) is 0 Å². The van der Waals surface area contributed by atoms with Crippen LogP contribution in [0, 0.1) is 10.1 Å². The van der Waals surface area contributed by atoms with Gasteiger partial charge in [-0.2, -0.15) is 0 Å². The molecule has 10 heteroatoms. The van der Waals surface area contributed by atoms with Gasteiger partial charge in [0, 0.05) is 6.07 Å². The standard InChI is InChI=1S/C10H7F2NO7/c1-17-8-6(13(15)16)4(9(14)18-2)3-5-7(8)20-10(11,12)19-5/h3H,1-2H3. The number of alkyl halides is 2. The predicted octanol–water partition coefficient (Wildman–Crippen LogP) is 1.71. The molecule has 0 saturated carbocycles. The summed E-state index contributed by atoms with van der Waals surface area (Å²) in [6, 6.07) is 0.739. The Labute approximate surface area is 109 Å². The lowest BCUT2D eigenvalue weighted by molar-refractivity contribution is -0.386. The minimum absolute atomic E-state index is 0.558.